The third kappa shape index (κ3) is 2.47. The highest BCUT2D eigenvalue weighted by molar-refractivity contribution is 5.31. The third-order valence-corrected chi connectivity index (χ3v) is 4.28. The second-order valence-electron chi connectivity index (χ2n) is 5.46. The number of hydrogen-bond acceptors (Lipinski definition) is 3. The Balaban J connectivity index is 1.82. The molecule has 1 aromatic heterocycles. The van der Waals surface area contributed by atoms with Gasteiger partial charge in [-0.05, 0) is 41.9 Å². The number of aryl methyl sites for hydroxylation is 1. The van der Waals surface area contributed by atoms with Crippen LogP contribution in [0.5, 0.6) is 0 Å². The summed E-state index contributed by atoms with van der Waals surface area (Å²) in [5, 5.41) is 0. The van der Waals surface area contributed by atoms with Crippen LogP contribution in [0.15, 0.2) is 48.7 Å². The first-order chi connectivity index (χ1) is 9.85. The van der Waals surface area contributed by atoms with E-state index in [0.717, 1.165) is 12.1 Å². The number of rotatable bonds is 5. The molecule has 3 atom stereocenters. The molecule has 3 N–H and O–H groups in total. The topological polar surface area (TPSA) is 50.9 Å². The molecule has 1 saturated carbocycles. The summed E-state index contributed by atoms with van der Waals surface area (Å²) in [6.45, 7) is 2.16. The lowest BCUT2D eigenvalue weighted by Crippen LogP contribution is -2.31. The molecular formula is C17H21N3. The largest absolute Gasteiger partial charge is 0.271 e. The van der Waals surface area contributed by atoms with E-state index >= 15 is 0 Å². The Morgan fingerprint density at radius 3 is 2.75 bits per heavy atom. The quantitative estimate of drug-likeness (QED) is 0.647. The number of hydrazine groups is 1. The maximum atomic E-state index is 5.82. The second kappa shape index (κ2) is 5.73. The maximum Gasteiger partial charge on any atom is 0.0669 e. The van der Waals surface area contributed by atoms with E-state index < -0.39 is 0 Å². The summed E-state index contributed by atoms with van der Waals surface area (Å²) in [7, 11) is 0. The molecule has 1 fully saturated rings. The Morgan fingerprint density at radius 1 is 1.25 bits per heavy atom. The third-order valence-electron chi connectivity index (χ3n) is 4.28. The first-order valence-electron chi connectivity index (χ1n) is 7.30. The molecule has 2 aromatic rings. The Labute approximate surface area is 120 Å². The van der Waals surface area contributed by atoms with Crippen molar-refractivity contribution >= 4 is 0 Å². The molecule has 1 aliphatic carbocycles. The first-order valence-corrected chi connectivity index (χ1v) is 7.30. The predicted molar refractivity (Wildman–Crippen MR) is 81.0 cm³/mol. The molecule has 20 heavy (non-hydrogen) atoms. The fraction of sp³-hybridized carbons (Fsp3) is 0.353. The summed E-state index contributed by atoms with van der Waals surface area (Å²) in [5.74, 6) is 6.96. The number of aromatic nitrogens is 1. The molecule has 0 bridgehead atoms. The van der Waals surface area contributed by atoms with Crippen LogP contribution in [0.25, 0.3) is 0 Å². The lowest BCUT2D eigenvalue weighted by atomic mass is 9.99. The van der Waals surface area contributed by atoms with Gasteiger partial charge in [-0.15, -0.1) is 0 Å². The van der Waals surface area contributed by atoms with E-state index in [2.05, 4.69) is 53.7 Å². The molecule has 1 heterocycles. The van der Waals surface area contributed by atoms with Crippen LogP contribution in [0, 0.1) is 5.92 Å². The van der Waals surface area contributed by atoms with Crippen molar-refractivity contribution in [3.05, 3.63) is 65.5 Å². The molecule has 1 aliphatic rings. The minimum Gasteiger partial charge on any atom is -0.271 e. The molecule has 0 spiro atoms. The van der Waals surface area contributed by atoms with E-state index in [1.807, 2.05) is 12.3 Å². The zero-order valence-corrected chi connectivity index (χ0v) is 11.8. The van der Waals surface area contributed by atoms with Crippen LogP contribution in [-0.2, 0) is 6.42 Å². The van der Waals surface area contributed by atoms with Gasteiger partial charge in [0.1, 0.15) is 0 Å². The van der Waals surface area contributed by atoms with Crippen molar-refractivity contribution in [1.82, 2.24) is 10.4 Å². The van der Waals surface area contributed by atoms with Gasteiger partial charge in [0.2, 0.25) is 0 Å². The van der Waals surface area contributed by atoms with Gasteiger partial charge in [-0.25, -0.2) is 0 Å². The molecule has 3 nitrogen and oxygen atoms in total. The fourth-order valence-electron chi connectivity index (χ4n) is 3.10. The monoisotopic (exact) mass is 267 g/mol. The van der Waals surface area contributed by atoms with Gasteiger partial charge in [-0.2, -0.15) is 0 Å². The molecule has 0 saturated heterocycles. The number of pyridine rings is 1. The zero-order chi connectivity index (χ0) is 13.9. The van der Waals surface area contributed by atoms with Crippen LogP contribution in [-0.4, -0.2) is 4.98 Å². The number of nitrogens with two attached hydrogens (primary N) is 1. The lowest BCUT2D eigenvalue weighted by molar-refractivity contribution is 0.472. The van der Waals surface area contributed by atoms with E-state index in [9.17, 15) is 0 Å². The normalized spacial score (nSPS) is 22.5. The van der Waals surface area contributed by atoms with Crippen LogP contribution in [0.2, 0.25) is 0 Å². The van der Waals surface area contributed by atoms with Crippen molar-refractivity contribution in [2.45, 2.75) is 31.7 Å². The highest BCUT2D eigenvalue weighted by atomic mass is 15.2. The van der Waals surface area contributed by atoms with Gasteiger partial charge < -0.3 is 0 Å². The second-order valence-corrected chi connectivity index (χ2v) is 5.46. The summed E-state index contributed by atoms with van der Waals surface area (Å²) in [6.07, 6.45) is 4.03. The smallest absolute Gasteiger partial charge is 0.0669 e. The molecule has 3 unspecified atom stereocenters. The van der Waals surface area contributed by atoms with Gasteiger partial charge in [0.25, 0.3) is 0 Å². The predicted octanol–water partition coefficient (Wildman–Crippen LogP) is 2.95. The Morgan fingerprint density at radius 2 is 2.05 bits per heavy atom. The van der Waals surface area contributed by atoms with Crippen LogP contribution < -0.4 is 11.3 Å². The standard InChI is InChI=1S/C17H21N3/c1-2-12-9-6-10-19-16(12)17(20-18)15-11-14(15)13-7-4-3-5-8-13/h3-10,14-15,17,20H,2,11,18H2,1H3. The highest BCUT2D eigenvalue weighted by Gasteiger charge is 2.45. The van der Waals surface area contributed by atoms with Crippen molar-refractivity contribution in [2.75, 3.05) is 0 Å². The average molecular weight is 267 g/mol. The van der Waals surface area contributed by atoms with Gasteiger partial charge in [0.05, 0.1) is 11.7 Å². The van der Waals surface area contributed by atoms with Crippen molar-refractivity contribution in [2.24, 2.45) is 11.8 Å². The first kappa shape index (κ1) is 13.3. The SMILES string of the molecule is CCc1cccnc1C(NN)C1CC1c1ccccc1. The molecule has 1 aromatic carbocycles. The number of nitrogens with zero attached hydrogens (tertiary/aromatic N) is 1. The van der Waals surface area contributed by atoms with E-state index in [4.69, 9.17) is 5.84 Å². The van der Waals surface area contributed by atoms with Gasteiger partial charge >= 0.3 is 0 Å². The highest BCUT2D eigenvalue weighted by Crippen LogP contribution is 2.53. The minimum absolute atomic E-state index is 0.149. The number of benzene rings is 1. The molecule has 0 radical (unpaired) electrons. The fourth-order valence-corrected chi connectivity index (χ4v) is 3.10. The summed E-state index contributed by atoms with van der Waals surface area (Å²) < 4.78 is 0. The lowest BCUT2D eigenvalue weighted by Gasteiger charge is -2.18. The van der Waals surface area contributed by atoms with Crippen LogP contribution in [0.1, 0.15) is 42.1 Å². The van der Waals surface area contributed by atoms with Gasteiger partial charge in [0, 0.05) is 6.20 Å². The minimum atomic E-state index is 0.149. The Kier molecular flexibility index (Phi) is 3.81. The van der Waals surface area contributed by atoms with E-state index in [1.54, 1.807) is 0 Å². The molecular weight excluding hydrogens is 246 g/mol. The summed E-state index contributed by atoms with van der Waals surface area (Å²) in [4.78, 5) is 4.57. The summed E-state index contributed by atoms with van der Waals surface area (Å²) in [5.41, 5.74) is 6.80. The molecule has 3 rings (SSSR count). The van der Waals surface area contributed by atoms with Gasteiger partial charge in [0.15, 0.2) is 0 Å². The molecule has 3 heteroatoms. The van der Waals surface area contributed by atoms with Crippen LogP contribution in [0.4, 0.5) is 0 Å². The maximum absolute atomic E-state index is 5.82. The van der Waals surface area contributed by atoms with Crippen molar-refractivity contribution in [1.29, 1.82) is 0 Å². The number of hydrogen-bond donors (Lipinski definition) is 2. The van der Waals surface area contributed by atoms with Crippen LogP contribution in [0.3, 0.4) is 0 Å². The molecule has 0 amide bonds. The summed E-state index contributed by atoms with van der Waals surface area (Å²) in [6, 6.07) is 15.0. The molecule has 104 valence electrons. The van der Waals surface area contributed by atoms with E-state index in [0.29, 0.717) is 11.8 Å². The van der Waals surface area contributed by atoms with E-state index in [1.165, 1.54) is 17.5 Å². The van der Waals surface area contributed by atoms with Crippen molar-refractivity contribution < 1.29 is 0 Å². The molecule has 0 aliphatic heterocycles. The zero-order valence-electron chi connectivity index (χ0n) is 11.8. The van der Waals surface area contributed by atoms with Crippen molar-refractivity contribution in [3.8, 4) is 0 Å². The number of nitrogens with one attached hydrogen (secondary N) is 1. The Bertz CT molecular complexity index is 567. The van der Waals surface area contributed by atoms with E-state index in [-0.39, 0.29) is 6.04 Å². The van der Waals surface area contributed by atoms with Gasteiger partial charge in [-0.3, -0.25) is 16.3 Å². The van der Waals surface area contributed by atoms with Crippen molar-refractivity contribution in [3.63, 3.8) is 0 Å². The summed E-state index contributed by atoms with van der Waals surface area (Å²) >= 11 is 0. The Hall–Kier alpha value is -1.71. The van der Waals surface area contributed by atoms with Gasteiger partial charge in [-0.1, -0.05) is 43.3 Å². The average Bonchev–Trinajstić information content (AvgIpc) is 3.30. The van der Waals surface area contributed by atoms with Crippen LogP contribution >= 0.6 is 0 Å².